The van der Waals surface area contributed by atoms with Gasteiger partial charge in [-0.2, -0.15) is 0 Å². The first-order valence-electron chi connectivity index (χ1n) is 8.24. The van der Waals surface area contributed by atoms with Crippen molar-refractivity contribution in [3.05, 3.63) is 34.8 Å². The van der Waals surface area contributed by atoms with Gasteiger partial charge in [0.15, 0.2) is 5.82 Å². The van der Waals surface area contributed by atoms with Crippen molar-refractivity contribution in [2.75, 3.05) is 13.2 Å². The molecule has 2 aliphatic rings. The lowest BCUT2D eigenvalue weighted by Gasteiger charge is -2.32. The first-order valence-corrected chi connectivity index (χ1v) is 9.12. The van der Waals surface area contributed by atoms with Crippen molar-refractivity contribution in [1.82, 2.24) is 24.8 Å². The van der Waals surface area contributed by atoms with Gasteiger partial charge in [0.25, 0.3) is 5.91 Å². The van der Waals surface area contributed by atoms with Gasteiger partial charge in [0, 0.05) is 50.2 Å². The highest BCUT2D eigenvalue weighted by atomic mass is 32.1. The van der Waals surface area contributed by atoms with Crippen LogP contribution in [0.4, 0.5) is 0 Å². The third kappa shape index (κ3) is 2.97. The van der Waals surface area contributed by atoms with Crippen molar-refractivity contribution in [2.24, 2.45) is 7.05 Å². The fourth-order valence-corrected chi connectivity index (χ4v) is 4.33. The van der Waals surface area contributed by atoms with Crippen molar-refractivity contribution in [1.29, 1.82) is 0 Å². The molecule has 2 aliphatic heterocycles. The highest BCUT2D eigenvalue weighted by Gasteiger charge is 2.44. The lowest BCUT2D eigenvalue weighted by atomic mass is 10.0. The van der Waals surface area contributed by atoms with Gasteiger partial charge >= 0.3 is 0 Å². The smallest absolute Gasteiger partial charge is 0.287 e. The number of aromatic nitrogens is 3. The molecule has 2 aromatic rings. The molecule has 0 saturated carbocycles. The van der Waals surface area contributed by atoms with E-state index < -0.39 is 0 Å². The summed E-state index contributed by atoms with van der Waals surface area (Å²) >= 11 is 1.67. The largest absolute Gasteiger partial charge is 0.374 e. The Bertz CT molecular complexity index is 701. The number of imidazole rings is 1. The lowest BCUT2D eigenvalue weighted by Crippen LogP contribution is -2.48. The number of fused-ring (bicyclic) bond motifs is 1. The minimum Gasteiger partial charge on any atom is -0.374 e. The van der Waals surface area contributed by atoms with E-state index in [1.165, 1.54) is 0 Å². The minimum absolute atomic E-state index is 0.0144. The first kappa shape index (κ1) is 15.7. The number of hydrogen-bond acceptors (Lipinski definition) is 6. The molecule has 0 unspecified atom stereocenters. The predicted molar refractivity (Wildman–Crippen MR) is 89.7 cm³/mol. The maximum Gasteiger partial charge on any atom is 0.287 e. The summed E-state index contributed by atoms with van der Waals surface area (Å²) in [4.78, 5) is 23.4. The number of nitrogens with zero attached hydrogens (tertiary/aromatic N) is 4. The number of likely N-dealkylation sites (tertiary alicyclic amines) is 1. The predicted octanol–water partition coefficient (Wildman–Crippen LogP) is 1.04. The van der Waals surface area contributed by atoms with E-state index in [0.29, 0.717) is 11.9 Å². The number of ether oxygens (including phenoxy) is 1. The molecular weight excluding hydrogens is 326 g/mol. The fourth-order valence-electron chi connectivity index (χ4n) is 3.69. The number of rotatable bonds is 4. The summed E-state index contributed by atoms with van der Waals surface area (Å²) in [5, 5.41) is 6.23. The second-order valence-electron chi connectivity index (χ2n) is 6.34. The molecule has 2 saturated heterocycles. The van der Waals surface area contributed by atoms with E-state index in [4.69, 9.17) is 4.74 Å². The molecule has 4 rings (SSSR count). The molecule has 3 atom stereocenters. The summed E-state index contributed by atoms with van der Waals surface area (Å²) in [6.45, 7) is 2.36. The molecule has 24 heavy (non-hydrogen) atoms. The topological polar surface area (TPSA) is 72.3 Å². The molecule has 2 aromatic heterocycles. The molecule has 8 heteroatoms. The zero-order valence-corrected chi connectivity index (χ0v) is 14.4. The number of nitrogens with one attached hydrogen (secondary N) is 1. The van der Waals surface area contributed by atoms with Gasteiger partial charge < -0.3 is 14.6 Å². The third-order valence-corrected chi connectivity index (χ3v) is 5.56. The first-order chi connectivity index (χ1) is 11.7. The summed E-state index contributed by atoms with van der Waals surface area (Å²) in [6, 6.07) is 0.328. The van der Waals surface area contributed by atoms with E-state index in [-0.39, 0.29) is 18.1 Å². The van der Waals surface area contributed by atoms with Gasteiger partial charge in [-0.1, -0.05) is 0 Å². The number of thiazole rings is 1. The summed E-state index contributed by atoms with van der Waals surface area (Å²) < 4.78 is 7.74. The Morgan fingerprint density at radius 3 is 3.12 bits per heavy atom. The minimum atomic E-state index is -0.142. The van der Waals surface area contributed by atoms with Crippen LogP contribution in [0, 0.1) is 0 Å². The molecule has 0 aliphatic carbocycles. The molecule has 4 heterocycles. The van der Waals surface area contributed by atoms with Gasteiger partial charge in [0.05, 0.1) is 18.7 Å². The highest BCUT2D eigenvalue weighted by molar-refractivity contribution is 7.09. The maximum atomic E-state index is 12.5. The van der Waals surface area contributed by atoms with Gasteiger partial charge in [-0.05, 0) is 12.8 Å². The Balaban J connectivity index is 1.48. The molecule has 0 aromatic carbocycles. The van der Waals surface area contributed by atoms with Crippen LogP contribution in [0.1, 0.15) is 28.5 Å². The Kier molecular flexibility index (Phi) is 4.34. The van der Waals surface area contributed by atoms with Crippen LogP contribution < -0.4 is 5.32 Å². The van der Waals surface area contributed by atoms with Crippen LogP contribution in [-0.2, 0) is 18.3 Å². The van der Waals surface area contributed by atoms with Crippen LogP contribution in [-0.4, -0.2) is 56.7 Å². The number of hydrogen-bond donors (Lipinski definition) is 1. The Morgan fingerprint density at radius 2 is 2.38 bits per heavy atom. The summed E-state index contributed by atoms with van der Waals surface area (Å²) in [6.07, 6.45) is 7.46. The van der Waals surface area contributed by atoms with E-state index in [2.05, 4.69) is 20.2 Å². The summed E-state index contributed by atoms with van der Waals surface area (Å²) in [5.41, 5.74) is 0. The van der Waals surface area contributed by atoms with Crippen molar-refractivity contribution >= 4 is 17.2 Å². The highest BCUT2D eigenvalue weighted by Crippen LogP contribution is 2.30. The number of amides is 1. The van der Waals surface area contributed by atoms with Gasteiger partial charge in [0.2, 0.25) is 0 Å². The molecule has 2 fully saturated rings. The van der Waals surface area contributed by atoms with Crippen LogP contribution >= 0.6 is 11.3 Å². The van der Waals surface area contributed by atoms with E-state index in [0.717, 1.165) is 37.5 Å². The van der Waals surface area contributed by atoms with Crippen molar-refractivity contribution in [2.45, 2.75) is 37.6 Å². The Hall–Kier alpha value is -1.77. The fraction of sp³-hybridized carbons (Fsp3) is 0.562. The van der Waals surface area contributed by atoms with Crippen molar-refractivity contribution in [3.63, 3.8) is 0 Å². The number of carbonyl (C=O) groups is 1. The van der Waals surface area contributed by atoms with Crippen LogP contribution in [0.5, 0.6) is 0 Å². The van der Waals surface area contributed by atoms with Gasteiger partial charge in [0.1, 0.15) is 5.01 Å². The summed E-state index contributed by atoms with van der Waals surface area (Å²) in [7, 11) is 1.82. The van der Waals surface area contributed by atoms with Crippen LogP contribution in [0.15, 0.2) is 24.0 Å². The zero-order valence-electron chi connectivity index (χ0n) is 13.6. The molecular formula is C16H21N5O2S. The molecule has 128 valence electrons. The second-order valence-corrected chi connectivity index (χ2v) is 7.32. The van der Waals surface area contributed by atoms with E-state index in [1.54, 1.807) is 28.3 Å². The number of carbonyl (C=O) groups excluding carboxylic acids is 1. The molecule has 0 spiro atoms. The van der Waals surface area contributed by atoms with Gasteiger partial charge in [-0.25, -0.2) is 9.97 Å². The van der Waals surface area contributed by atoms with Crippen LogP contribution in [0.2, 0.25) is 0 Å². The van der Waals surface area contributed by atoms with Crippen molar-refractivity contribution in [3.8, 4) is 0 Å². The zero-order chi connectivity index (χ0) is 16.5. The molecule has 0 bridgehead atoms. The van der Waals surface area contributed by atoms with Crippen LogP contribution in [0.25, 0.3) is 0 Å². The average molecular weight is 347 g/mol. The SMILES string of the molecule is Cn1ccnc1C(=O)N[C@@H]1CN(Cc2nccs2)[C@H]2CCCO[C@@H]12. The van der Waals surface area contributed by atoms with E-state index in [9.17, 15) is 4.79 Å². The van der Waals surface area contributed by atoms with E-state index >= 15 is 0 Å². The molecule has 7 nitrogen and oxygen atoms in total. The molecule has 1 N–H and O–H groups in total. The second kappa shape index (κ2) is 6.62. The quantitative estimate of drug-likeness (QED) is 0.895. The van der Waals surface area contributed by atoms with E-state index in [1.807, 2.05) is 18.6 Å². The molecule has 0 radical (unpaired) electrons. The third-order valence-electron chi connectivity index (χ3n) is 4.79. The molecule has 1 amide bonds. The standard InChI is InChI=1S/C16H21N5O2S/c1-20-6-4-18-15(20)16(22)19-11-9-21(10-13-17-5-8-24-13)12-3-2-7-23-14(11)12/h4-6,8,11-12,14H,2-3,7,9-10H2,1H3,(H,19,22)/t11-,12+,14+/m1/s1. The average Bonchev–Trinajstić information content (AvgIpc) is 3.30. The Morgan fingerprint density at radius 1 is 1.46 bits per heavy atom. The normalized spacial score (nSPS) is 27.1. The monoisotopic (exact) mass is 347 g/mol. The number of aryl methyl sites for hydroxylation is 1. The lowest BCUT2D eigenvalue weighted by molar-refractivity contribution is -0.0211. The summed E-state index contributed by atoms with van der Waals surface area (Å²) in [5.74, 6) is 0.289. The van der Waals surface area contributed by atoms with Crippen molar-refractivity contribution < 1.29 is 9.53 Å². The van der Waals surface area contributed by atoms with Gasteiger partial charge in [-0.3, -0.25) is 9.69 Å². The van der Waals surface area contributed by atoms with Crippen LogP contribution in [0.3, 0.4) is 0 Å². The maximum absolute atomic E-state index is 12.5. The van der Waals surface area contributed by atoms with Gasteiger partial charge in [-0.15, -0.1) is 11.3 Å². The Labute approximate surface area is 144 Å².